The molecule has 0 bridgehead atoms. The van der Waals surface area contributed by atoms with Crippen LogP contribution in [0.4, 0.5) is 0 Å². The molecule has 4 rings (SSSR count). The van der Waals surface area contributed by atoms with E-state index < -0.39 is 0 Å². The number of hydrogen-bond acceptors (Lipinski definition) is 5. The number of likely N-dealkylation sites (tertiary alicyclic amines) is 1. The summed E-state index contributed by atoms with van der Waals surface area (Å²) in [4.78, 5) is 15.1. The second-order valence-electron chi connectivity index (χ2n) is 7.31. The van der Waals surface area contributed by atoms with Gasteiger partial charge in [-0.2, -0.15) is 5.10 Å². The van der Waals surface area contributed by atoms with Crippen LogP contribution in [-0.2, 0) is 13.6 Å². The standard InChI is InChI=1S/C20H25N5O2/c1-14-18(15(2)27-22-14)13-24-11-7-8-16(12-24)19-21-23(3)20(26)25(19)17-9-5-4-6-10-17/h4-6,9-10,16H,7-8,11-13H2,1-3H3. The Morgan fingerprint density at radius 1 is 1.22 bits per heavy atom. The van der Waals surface area contributed by atoms with Crippen LogP contribution in [0.25, 0.3) is 5.69 Å². The van der Waals surface area contributed by atoms with Crippen molar-refractivity contribution in [1.82, 2.24) is 24.4 Å². The van der Waals surface area contributed by atoms with Crippen molar-refractivity contribution >= 4 is 0 Å². The highest BCUT2D eigenvalue weighted by Crippen LogP contribution is 2.28. The van der Waals surface area contributed by atoms with E-state index in [2.05, 4.69) is 15.2 Å². The predicted molar refractivity (Wildman–Crippen MR) is 102 cm³/mol. The lowest BCUT2D eigenvalue weighted by Crippen LogP contribution is -2.35. The molecule has 0 amide bonds. The minimum atomic E-state index is -0.0981. The second-order valence-corrected chi connectivity index (χ2v) is 7.31. The Bertz CT molecular complexity index is 966. The van der Waals surface area contributed by atoms with Gasteiger partial charge in [0.2, 0.25) is 0 Å². The highest BCUT2D eigenvalue weighted by molar-refractivity contribution is 5.33. The summed E-state index contributed by atoms with van der Waals surface area (Å²) in [7, 11) is 1.72. The highest BCUT2D eigenvalue weighted by atomic mass is 16.5. The number of benzene rings is 1. The molecule has 3 heterocycles. The topological polar surface area (TPSA) is 69.1 Å². The maximum absolute atomic E-state index is 12.7. The molecule has 1 atom stereocenters. The summed E-state index contributed by atoms with van der Waals surface area (Å²) in [6, 6.07) is 9.76. The lowest BCUT2D eigenvalue weighted by molar-refractivity contribution is 0.194. The number of para-hydroxylation sites is 1. The van der Waals surface area contributed by atoms with Crippen molar-refractivity contribution in [3.8, 4) is 5.69 Å². The molecule has 3 aromatic rings. The maximum atomic E-state index is 12.7. The first-order valence-electron chi connectivity index (χ1n) is 9.40. The normalized spacial score (nSPS) is 18.1. The molecule has 1 fully saturated rings. The fourth-order valence-electron chi connectivity index (χ4n) is 3.93. The van der Waals surface area contributed by atoms with Crippen molar-refractivity contribution in [2.75, 3.05) is 13.1 Å². The summed E-state index contributed by atoms with van der Waals surface area (Å²) >= 11 is 0. The van der Waals surface area contributed by atoms with Gasteiger partial charge in [0, 0.05) is 31.6 Å². The first-order valence-corrected chi connectivity index (χ1v) is 9.40. The van der Waals surface area contributed by atoms with Gasteiger partial charge in [0.05, 0.1) is 11.4 Å². The third kappa shape index (κ3) is 3.35. The molecule has 1 unspecified atom stereocenters. The molecule has 0 N–H and O–H groups in total. The molecule has 7 heteroatoms. The van der Waals surface area contributed by atoms with E-state index in [0.717, 1.165) is 61.0 Å². The lowest BCUT2D eigenvalue weighted by atomic mass is 9.96. The molecule has 27 heavy (non-hydrogen) atoms. The van der Waals surface area contributed by atoms with E-state index in [1.165, 1.54) is 4.68 Å². The largest absolute Gasteiger partial charge is 0.361 e. The molecule has 0 aliphatic carbocycles. The Kier molecular flexibility index (Phi) is 4.70. The van der Waals surface area contributed by atoms with E-state index in [9.17, 15) is 4.79 Å². The summed E-state index contributed by atoms with van der Waals surface area (Å²) in [5.41, 5.74) is 2.89. The van der Waals surface area contributed by atoms with E-state index >= 15 is 0 Å². The van der Waals surface area contributed by atoms with Gasteiger partial charge >= 0.3 is 5.69 Å². The molecule has 1 aliphatic heterocycles. The molecule has 0 saturated carbocycles. The zero-order valence-electron chi connectivity index (χ0n) is 16.1. The Morgan fingerprint density at radius 3 is 2.70 bits per heavy atom. The van der Waals surface area contributed by atoms with Crippen molar-refractivity contribution < 1.29 is 4.52 Å². The Morgan fingerprint density at radius 2 is 2.00 bits per heavy atom. The SMILES string of the molecule is Cc1noc(C)c1CN1CCCC(c2nn(C)c(=O)n2-c2ccccc2)C1. The Balaban J connectivity index is 1.62. The van der Waals surface area contributed by atoms with Crippen molar-refractivity contribution in [2.24, 2.45) is 7.05 Å². The summed E-state index contributed by atoms with van der Waals surface area (Å²) in [5, 5.41) is 8.65. The summed E-state index contributed by atoms with van der Waals surface area (Å²) in [6.07, 6.45) is 2.11. The lowest BCUT2D eigenvalue weighted by Gasteiger charge is -2.32. The van der Waals surface area contributed by atoms with Crippen LogP contribution in [-0.4, -0.2) is 37.5 Å². The first kappa shape index (κ1) is 17.7. The number of aromatic nitrogens is 4. The molecule has 0 spiro atoms. The van der Waals surface area contributed by atoms with Crippen molar-refractivity contribution in [2.45, 2.75) is 39.2 Å². The fraction of sp³-hybridized carbons (Fsp3) is 0.450. The molecule has 1 aromatic carbocycles. The number of aryl methyl sites for hydroxylation is 3. The van der Waals surface area contributed by atoms with Crippen molar-refractivity contribution in [3.63, 3.8) is 0 Å². The average molecular weight is 367 g/mol. The van der Waals surface area contributed by atoms with Crippen LogP contribution in [0, 0.1) is 13.8 Å². The van der Waals surface area contributed by atoms with Gasteiger partial charge in [-0.15, -0.1) is 0 Å². The van der Waals surface area contributed by atoms with Crippen LogP contribution in [0.15, 0.2) is 39.6 Å². The van der Waals surface area contributed by atoms with Gasteiger partial charge in [-0.1, -0.05) is 23.4 Å². The fourth-order valence-corrected chi connectivity index (χ4v) is 3.93. The average Bonchev–Trinajstić information content (AvgIpc) is 3.16. The van der Waals surface area contributed by atoms with Crippen molar-refractivity contribution in [1.29, 1.82) is 0 Å². The highest BCUT2D eigenvalue weighted by Gasteiger charge is 2.28. The van der Waals surface area contributed by atoms with Gasteiger partial charge in [0.1, 0.15) is 11.6 Å². The Hall–Kier alpha value is -2.67. The molecule has 1 aliphatic rings. The van der Waals surface area contributed by atoms with Gasteiger partial charge in [-0.25, -0.2) is 14.0 Å². The van der Waals surface area contributed by atoms with E-state index in [-0.39, 0.29) is 11.6 Å². The zero-order valence-corrected chi connectivity index (χ0v) is 16.1. The van der Waals surface area contributed by atoms with Crippen molar-refractivity contribution in [3.05, 3.63) is 63.7 Å². The molecular formula is C20H25N5O2. The van der Waals surface area contributed by atoms with Gasteiger partial charge in [-0.3, -0.25) is 4.90 Å². The zero-order chi connectivity index (χ0) is 19.0. The van der Waals surface area contributed by atoms with Crippen LogP contribution >= 0.6 is 0 Å². The van der Waals surface area contributed by atoms with E-state index in [1.807, 2.05) is 44.2 Å². The Labute approximate surface area is 158 Å². The molecule has 0 radical (unpaired) electrons. The van der Waals surface area contributed by atoms with Gasteiger partial charge in [0.15, 0.2) is 0 Å². The number of hydrogen-bond donors (Lipinski definition) is 0. The third-order valence-electron chi connectivity index (χ3n) is 5.40. The van der Waals surface area contributed by atoms with Gasteiger partial charge < -0.3 is 4.52 Å². The number of piperidine rings is 1. The first-order chi connectivity index (χ1) is 13.0. The molecule has 142 valence electrons. The molecule has 1 saturated heterocycles. The molecular weight excluding hydrogens is 342 g/mol. The van der Waals surface area contributed by atoms with Crippen LogP contribution in [0.1, 0.15) is 41.6 Å². The number of nitrogens with zero attached hydrogens (tertiary/aromatic N) is 5. The minimum absolute atomic E-state index is 0.0981. The molecule has 2 aromatic heterocycles. The summed E-state index contributed by atoms with van der Waals surface area (Å²) in [5.74, 6) is 1.94. The summed E-state index contributed by atoms with van der Waals surface area (Å²) in [6.45, 7) is 6.66. The van der Waals surface area contributed by atoms with E-state index in [1.54, 1.807) is 11.6 Å². The monoisotopic (exact) mass is 367 g/mol. The third-order valence-corrected chi connectivity index (χ3v) is 5.40. The molecule has 7 nitrogen and oxygen atoms in total. The van der Waals surface area contributed by atoms with E-state index in [4.69, 9.17) is 4.52 Å². The second kappa shape index (κ2) is 7.15. The smallest absolute Gasteiger partial charge is 0.350 e. The van der Waals surface area contributed by atoms with Crippen LogP contribution < -0.4 is 5.69 Å². The minimum Gasteiger partial charge on any atom is -0.361 e. The number of rotatable bonds is 4. The van der Waals surface area contributed by atoms with Crippen LogP contribution in [0.5, 0.6) is 0 Å². The maximum Gasteiger partial charge on any atom is 0.350 e. The summed E-state index contributed by atoms with van der Waals surface area (Å²) < 4.78 is 8.50. The van der Waals surface area contributed by atoms with Gasteiger partial charge in [0.25, 0.3) is 0 Å². The quantitative estimate of drug-likeness (QED) is 0.709. The van der Waals surface area contributed by atoms with Crippen LogP contribution in [0.2, 0.25) is 0 Å². The van der Waals surface area contributed by atoms with E-state index in [0.29, 0.717) is 0 Å². The van der Waals surface area contributed by atoms with Crippen LogP contribution in [0.3, 0.4) is 0 Å². The predicted octanol–water partition coefficient (Wildman–Crippen LogP) is 2.56. The van der Waals surface area contributed by atoms with Gasteiger partial charge in [-0.05, 0) is 45.4 Å².